The molecule has 234 valence electrons. The van der Waals surface area contributed by atoms with E-state index in [0.717, 1.165) is 0 Å². The van der Waals surface area contributed by atoms with Gasteiger partial charge < -0.3 is 0 Å². The Kier molecular flexibility index (Phi) is 4.72. The first-order valence-electron chi connectivity index (χ1n) is 18.0. The Morgan fingerprint density at radius 3 is 1.12 bits per heavy atom. The van der Waals surface area contributed by atoms with E-state index in [1.165, 1.54) is 120 Å². The van der Waals surface area contributed by atoms with E-state index < -0.39 is 0 Å². The highest BCUT2D eigenvalue weighted by molar-refractivity contribution is 6.28. The van der Waals surface area contributed by atoms with Crippen LogP contribution in [-0.2, 0) is 10.8 Å². The van der Waals surface area contributed by atoms with Gasteiger partial charge in [-0.05, 0) is 145 Å². The molecule has 0 amide bonds. The highest BCUT2D eigenvalue weighted by Gasteiger charge is 2.39. The summed E-state index contributed by atoms with van der Waals surface area (Å²) in [5.41, 5.74) is 13.7. The molecule has 0 aromatic heterocycles. The van der Waals surface area contributed by atoms with Crippen LogP contribution in [0.1, 0.15) is 49.9 Å². The van der Waals surface area contributed by atoms with Gasteiger partial charge in [0.1, 0.15) is 0 Å². The minimum absolute atomic E-state index is 0.103. The average molecular weight is 635 g/mol. The quantitative estimate of drug-likeness (QED) is 0.158. The van der Waals surface area contributed by atoms with Crippen LogP contribution in [-0.4, -0.2) is 0 Å². The molecule has 12 rings (SSSR count). The van der Waals surface area contributed by atoms with E-state index >= 15 is 0 Å². The summed E-state index contributed by atoms with van der Waals surface area (Å²) in [7, 11) is 0. The Bertz CT molecular complexity index is 2890. The molecule has 0 spiro atoms. The summed E-state index contributed by atoms with van der Waals surface area (Å²) in [6.45, 7) is 9.67. The molecule has 0 saturated carbocycles. The van der Waals surface area contributed by atoms with Crippen molar-refractivity contribution in [3.63, 3.8) is 0 Å². The molecule has 0 heterocycles. The highest BCUT2D eigenvalue weighted by atomic mass is 14.4. The van der Waals surface area contributed by atoms with Crippen molar-refractivity contribution >= 4 is 64.6 Å². The number of hydrogen-bond acceptors (Lipinski definition) is 0. The van der Waals surface area contributed by atoms with Crippen molar-refractivity contribution in [2.24, 2.45) is 0 Å². The maximum Gasteiger partial charge on any atom is 0.0159 e. The fraction of sp³-hybridized carbons (Fsp3) is 0.120. The standard InChI is InChI=1S/C50H34/c1-49(2)39-23-31(17-19-35(39)47-37-21-15-29-9-5-7-27-11-13-33(25-41(47)49)45(37)43(27)29)32-18-20-36-40(24-32)50(3,4)42-26-34-14-12-28-8-6-10-30-16-22-38(48(36)42)46(34)44(28)30/h5-26H,1-4H3. The van der Waals surface area contributed by atoms with Gasteiger partial charge >= 0.3 is 0 Å². The molecule has 2 aliphatic carbocycles. The van der Waals surface area contributed by atoms with E-state index in [1.54, 1.807) is 0 Å². The van der Waals surface area contributed by atoms with Crippen molar-refractivity contribution in [1.29, 1.82) is 0 Å². The molecule has 0 radical (unpaired) electrons. The van der Waals surface area contributed by atoms with E-state index in [9.17, 15) is 0 Å². The third-order valence-corrected chi connectivity index (χ3v) is 12.9. The van der Waals surface area contributed by atoms with Crippen molar-refractivity contribution in [1.82, 2.24) is 0 Å². The molecule has 0 atom stereocenters. The maximum absolute atomic E-state index is 2.49. The van der Waals surface area contributed by atoms with Crippen LogP contribution in [0.25, 0.3) is 98.0 Å². The van der Waals surface area contributed by atoms with Crippen LogP contribution in [0.4, 0.5) is 0 Å². The van der Waals surface area contributed by atoms with Crippen molar-refractivity contribution in [2.75, 3.05) is 0 Å². The largest absolute Gasteiger partial charge is 0.0610 e. The third-order valence-electron chi connectivity index (χ3n) is 12.9. The Balaban J connectivity index is 1.05. The SMILES string of the molecule is CC1(C)c2cc(-c3ccc4c(c3)C(C)(C)c3cc5ccc6cccc7ccc(c3-4)c5c67)ccc2-c2c1cc1ccc3cccc4ccc2c1c34. The van der Waals surface area contributed by atoms with Crippen molar-refractivity contribution < 1.29 is 0 Å². The normalized spacial score (nSPS) is 15.5. The molecule has 0 fully saturated rings. The van der Waals surface area contributed by atoms with Crippen LogP contribution in [0.15, 0.2) is 133 Å². The van der Waals surface area contributed by atoms with Crippen molar-refractivity contribution in [2.45, 2.75) is 38.5 Å². The highest BCUT2D eigenvalue weighted by Crippen LogP contribution is 2.56. The molecule has 10 aromatic rings. The monoisotopic (exact) mass is 634 g/mol. The lowest BCUT2D eigenvalue weighted by Crippen LogP contribution is -2.15. The van der Waals surface area contributed by atoms with Crippen LogP contribution in [0.2, 0.25) is 0 Å². The molecule has 2 aliphatic rings. The lowest BCUT2D eigenvalue weighted by molar-refractivity contribution is 0.660. The van der Waals surface area contributed by atoms with Crippen LogP contribution in [0.5, 0.6) is 0 Å². The molecule has 0 unspecified atom stereocenters. The van der Waals surface area contributed by atoms with Gasteiger partial charge in [0.05, 0.1) is 0 Å². The third kappa shape index (κ3) is 3.11. The molecular formula is C50H34. The topological polar surface area (TPSA) is 0 Å². The van der Waals surface area contributed by atoms with Gasteiger partial charge in [-0.3, -0.25) is 0 Å². The second kappa shape index (κ2) is 8.70. The molecule has 0 nitrogen and oxygen atoms in total. The van der Waals surface area contributed by atoms with E-state index in [4.69, 9.17) is 0 Å². The van der Waals surface area contributed by atoms with Crippen LogP contribution in [0.3, 0.4) is 0 Å². The van der Waals surface area contributed by atoms with Crippen molar-refractivity contribution in [3.8, 4) is 33.4 Å². The molecule has 0 bridgehead atoms. The molecule has 0 heteroatoms. The minimum atomic E-state index is -0.103. The lowest BCUT2D eigenvalue weighted by atomic mass is 9.79. The van der Waals surface area contributed by atoms with Crippen LogP contribution < -0.4 is 0 Å². The predicted octanol–water partition coefficient (Wildman–Crippen LogP) is 13.8. The Morgan fingerprint density at radius 2 is 0.700 bits per heavy atom. The van der Waals surface area contributed by atoms with Gasteiger partial charge in [-0.2, -0.15) is 0 Å². The Morgan fingerprint density at radius 1 is 0.320 bits per heavy atom. The fourth-order valence-electron chi connectivity index (χ4n) is 10.4. The van der Waals surface area contributed by atoms with Crippen LogP contribution in [0, 0.1) is 0 Å². The van der Waals surface area contributed by atoms with Crippen molar-refractivity contribution in [3.05, 3.63) is 156 Å². The molecule has 50 heavy (non-hydrogen) atoms. The fourth-order valence-corrected chi connectivity index (χ4v) is 10.4. The zero-order valence-electron chi connectivity index (χ0n) is 28.7. The van der Waals surface area contributed by atoms with Gasteiger partial charge in [0.2, 0.25) is 0 Å². The molecule has 0 N–H and O–H groups in total. The second-order valence-electron chi connectivity index (χ2n) is 16.1. The molecule has 0 aliphatic heterocycles. The Labute approximate surface area is 291 Å². The van der Waals surface area contributed by atoms with E-state index in [-0.39, 0.29) is 10.8 Å². The number of rotatable bonds is 1. The summed E-state index contributed by atoms with van der Waals surface area (Å²) in [5.74, 6) is 0. The number of fused-ring (bicyclic) bond motifs is 8. The molecule has 0 saturated heterocycles. The summed E-state index contributed by atoms with van der Waals surface area (Å²) in [4.78, 5) is 0. The zero-order chi connectivity index (χ0) is 33.3. The van der Waals surface area contributed by atoms with E-state index in [1.807, 2.05) is 0 Å². The van der Waals surface area contributed by atoms with Gasteiger partial charge in [0, 0.05) is 10.8 Å². The van der Waals surface area contributed by atoms with E-state index in [2.05, 4.69) is 161 Å². The van der Waals surface area contributed by atoms with Gasteiger partial charge in [-0.25, -0.2) is 0 Å². The Hall–Kier alpha value is -5.72. The van der Waals surface area contributed by atoms with Gasteiger partial charge in [-0.15, -0.1) is 0 Å². The number of benzene rings is 10. The average Bonchev–Trinajstić information content (AvgIpc) is 3.51. The summed E-state index contributed by atoms with van der Waals surface area (Å²) in [6.07, 6.45) is 0. The van der Waals surface area contributed by atoms with Crippen LogP contribution >= 0.6 is 0 Å². The van der Waals surface area contributed by atoms with Gasteiger partial charge in [0.15, 0.2) is 0 Å². The maximum atomic E-state index is 2.49. The minimum Gasteiger partial charge on any atom is -0.0610 e. The summed E-state index contributed by atoms with van der Waals surface area (Å²) in [5, 5.41) is 16.3. The molecule has 10 aromatic carbocycles. The zero-order valence-corrected chi connectivity index (χ0v) is 28.7. The summed E-state index contributed by atoms with van der Waals surface area (Å²) < 4.78 is 0. The first-order chi connectivity index (χ1) is 24.3. The number of hydrogen-bond donors (Lipinski definition) is 0. The smallest absolute Gasteiger partial charge is 0.0159 e. The summed E-state index contributed by atoms with van der Waals surface area (Å²) in [6, 6.07) is 51.5. The van der Waals surface area contributed by atoms with Gasteiger partial charge in [0.25, 0.3) is 0 Å². The summed E-state index contributed by atoms with van der Waals surface area (Å²) >= 11 is 0. The first-order valence-corrected chi connectivity index (χ1v) is 18.0. The first kappa shape index (κ1) is 27.1. The second-order valence-corrected chi connectivity index (χ2v) is 16.1. The van der Waals surface area contributed by atoms with E-state index in [0.29, 0.717) is 0 Å². The predicted molar refractivity (Wildman–Crippen MR) is 214 cm³/mol. The van der Waals surface area contributed by atoms with Gasteiger partial charge in [-0.1, -0.05) is 137 Å². The lowest BCUT2D eigenvalue weighted by Gasteiger charge is -2.24. The molecular weight excluding hydrogens is 601 g/mol.